The molecule has 1 N–H and O–H groups in total. The van der Waals surface area contributed by atoms with Gasteiger partial charge in [-0.25, -0.2) is 0 Å². The highest BCUT2D eigenvalue weighted by Gasteiger charge is 2.28. The predicted molar refractivity (Wildman–Crippen MR) is 50.6 cm³/mol. The van der Waals surface area contributed by atoms with Gasteiger partial charge in [0.25, 0.3) is 0 Å². The van der Waals surface area contributed by atoms with Crippen molar-refractivity contribution in [1.82, 2.24) is 0 Å². The van der Waals surface area contributed by atoms with Crippen LogP contribution >= 0.6 is 0 Å². The smallest absolute Gasteiger partial charge is 0.422 e. The first-order valence-corrected chi connectivity index (χ1v) is 4.55. The fourth-order valence-corrected chi connectivity index (χ4v) is 1.00. The molecule has 0 aliphatic rings. The van der Waals surface area contributed by atoms with E-state index in [1.807, 2.05) is 0 Å². The van der Waals surface area contributed by atoms with Crippen LogP contribution in [0.5, 0.6) is 11.5 Å². The highest BCUT2D eigenvalue weighted by Crippen LogP contribution is 2.28. The minimum Gasteiger partial charge on any atom is -0.487 e. The van der Waals surface area contributed by atoms with Gasteiger partial charge < -0.3 is 14.6 Å². The van der Waals surface area contributed by atoms with Crippen LogP contribution in [0, 0.1) is 0 Å². The van der Waals surface area contributed by atoms with E-state index in [2.05, 4.69) is 4.74 Å². The second-order valence-electron chi connectivity index (χ2n) is 2.92. The molecule has 0 radical (unpaired) electrons. The Hall–Kier alpha value is -1.43. The van der Waals surface area contributed by atoms with Crippen LogP contribution in [0.3, 0.4) is 0 Å². The fourth-order valence-electron chi connectivity index (χ4n) is 1.00. The number of rotatable bonds is 5. The quantitative estimate of drug-likeness (QED) is 0.849. The zero-order valence-corrected chi connectivity index (χ0v) is 8.33. The number of alkyl halides is 3. The van der Waals surface area contributed by atoms with Gasteiger partial charge in [-0.15, -0.1) is 0 Å². The van der Waals surface area contributed by atoms with Crippen LogP contribution in [0.25, 0.3) is 0 Å². The number of hydrogen-bond donors (Lipinski definition) is 1. The standard InChI is InChI=1S/C10H11F3O3/c11-10(12,13)7-16-9-4-2-1-3-8(9)15-6-5-14/h1-4,14H,5-7H2. The van der Waals surface area contributed by atoms with Gasteiger partial charge in [-0.2, -0.15) is 13.2 Å². The monoisotopic (exact) mass is 236 g/mol. The van der Waals surface area contributed by atoms with Crippen LogP contribution in [0.1, 0.15) is 0 Å². The van der Waals surface area contributed by atoms with Crippen molar-refractivity contribution >= 4 is 0 Å². The number of halogens is 3. The van der Waals surface area contributed by atoms with Crippen LogP contribution in [-0.2, 0) is 0 Å². The van der Waals surface area contributed by atoms with Gasteiger partial charge >= 0.3 is 6.18 Å². The van der Waals surface area contributed by atoms with Gasteiger partial charge in [0.2, 0.25) is 0 Å². The Bertz CT molecular complexity index is 325. The van der Waals surface area contributed by atoms with Gasteiger partial charge in [0.1, 0.15) is 6.61 Å². The topological polar surface area (TPSA) is 38.7 Å². The van der Waals surface area contributed by atoms with E-state index in [9.17, 15) is 13.2 Å². The van der Waals surface area contributed by atoms with E-state index in [1.165, 1.54) is 18.2 Å². The Morgan fingerprint density at radius 3 is 2.12 bits per heavy atom. The first-order valence-electron chi connectivity index (χ1n) is 4.55. The van der Waals surface area contributed by atoms with Crippen molar-refractivity contribution < 1.29 is 27.8 Å². The zero-order valence-electron chi connectivity index (χ0n) is 8.33. The first kappa shape index (κ1) is 12.6. The molecule has 0 bridgehead atoms. The van der Waals surface area contributed by atoms with E-state index in [4.69, 9.17) is 9.84 Å². The van der Waals surface area contributed by atoms with Crippen LogP contribution in [0.15, 0.2) is 24.3 Å². The van der Waals surface area contributed by atoms with Gasteiger partial charge in [-0.1, -0.05) is 12.1 Å². The molecule has 0 amide bonds. The van der Waals surface area contributed by atoms with E-state index >= 15 is 0 Å². The molecule has 16 heavy (non-hydrogen) atoms. The summed E-state index contributed by atoms with van der Waals surface area (Å²) < 4.78 is 45.3. The Balaban J connectivity index is 2.63. The summed E-state index contributed by atoms with van der Waals surface area (Å²) in [4.78, 5) is 0. The second-order valence-corrected chi connectivity index (χ2v) is 2.92. The van der Waals surface area contributed by atoms with Crippen molar-refractivity contribution in [2.24, 2.45) is 0 Å². The van der Waals surface area contributed by atoms with E-state index < -0.39 is 12.8 Å². The minimum atomic E-state index is -4.38. The average Bonchev–Trinajstić information content (AvgIpc) is 2.23. The maximum absolute atomic E-state index is 11.9. The largest absolute Gasteiger partial charge is 0.487 e. The average molecular weight is 236 g/mol. The van der Waals surface area contributed by atoms with Crippen molar-refractivity contribution in [3.05, 3.63) is 24.3 Å². The summed E-state index contributed by atoms with van der Waals surface area (Å²) in [6.45, 7) is -1.58. The molecule has 1 aromatic rings. The number of aliphatic hydroxyl groups excluding tert-OH is 1. The van der Waals surface area contributed by atoms with Gasteiger partial charge in [-0.05, 0) is 12.1 Å². The third-order valence-corrected chi connectivity index (χ3v) is 1.59. The van der Waals surface area contributed by atoms with Crippen molar-refractivity contribution in [3.63, 3.8) is 0 Å². The summed E-state index contributed by atoms with van der Waals surface area (Å²) in [5.41, 5.74) is 0. The molecule has 0 aliphatic carbocycles. The summed E-state index contributed by atoms with van der Waals surface area (Å²) in [7, 11) is 0. The molecule has 0 heterocycles. The predicted octanol–water partition coefficient (Wildman–Crippen LogP) is 2.00. The summed E-state index contributed by atoms with van der Waals surface area (Å²) in [5, 5.41) is 8.53. The Kier molecular flexibility index (Phi) is 4.42. The van der Waals surface area contributed by atoms with E-state index in [-0.39, 0.29) is 24.7 Å². The third-order valence-electron chi connectivity index (χ3n) is 1.59. The molecule has 0 saturated heterocycles. The third kappa shape index (κ3) is 4.39. The fraction of sp³-hybridized carbons (Fsp3) is 0.400. The lowest BCUT2D eigenvalue weighted by Gasteiger charge is -2.13. The highest BCUT2D eigenvalue weighted by molar-refractivity contribution is 5.39. The summed E-state index contributed by atoms with van der Waals surface area (Å²) >= 11 is 0. The molecule has 6 heteroatoms. The van der Waals surface area contributed by atoms with Crippen LogP contribution in [-0.4, -0.2) is 31.1 Å². The van der Waals surface area contributed by atoms with Crippen molar-refractivity contribution in [2.75, 3.05) is 19.8 Å². The molecule has 0 spiro atoms. The number of ether oxygens (including phenoxy) is 2. The molecule has 90 valence electrons. The Labute approximate surface area is 90.4 Å². The molecule has 0 atom stereocenters. The van der Waals surface area contributed by atoms with Gasteiger partial charge in [0, 0.05) is 0 Å². The Morgan fingerprint density at radius 2 is 1.62 bits per heavy atom. The van der Waals surface area contributed by atoms with Crippen molar-refractivity contribution in [2.45, 2.75) is 6.18 Å². The maximum Gasteiger partial charge on any atom is 0.422 e. The van der Waals surface area contributed by atoms with E-state index in [0.29, 0.717) is 0 Å². The van der Waals surface area contributed by atoms with Gasteiger partial charge in [0.05, 0.1) is 6.61 Å². The Morgan fingerprint density at radius 1 is 1.06 bits per heavy atom. The normalized spacial score (nSPS) is 11.2. The highest BCUT2D eigenvalue weighted by atomic mass is 19.4. The summed E-state index contributed by atoms with van der Waals surface area (Å²) in [6, 6.07) is 5.99. The molecule has 0 aromatic heterocycles. The molecule has 0 unspecified atom stereocenters. The van der Waals surface area contributed by atoms with E-state index in [1.54, 1.807) is 6.07 Å². The van der Waals surface area contributed by atoms with Crippen molar-refractivity contribution in [1.29, 1.82) is 0 Å². The van der Waals surface area contributed by atoms with Crippen LogP contribution in [0.2, 0.25) is 0 Å². The molecule has 0 saturated carbocycles. The molecule has 0 aliphatic heterocycles. The lowest BCUT2D eigenvalue weighted by molar-refractivity contribution is -0.153. The number of para-hydroxylation sites is 2. The second kappa shape index (κ2) is 5.60. The SMILES string of the molecule is OCCOc1ccccc1OCC(F)(F)F. The van der Waals surface area contributed by atoms with Gasteiger partial charge in [-0.3, -0.25) is 0 Å². The van der Waals surface area contributed by atoms with Crippen molar-refractivity contribution in [3.8, 4) is 11.5 Å². The molecule has 0 fully saturated rings. The van der Waals surface area contributed by atoms with E-state index in [0.717, 1.165) is 0 Å². The molecule has 1 rings (SSSR count). The zero-order chi connectivity index (χ0) is 12.0. The number of benzene rings is 1. The lowest BCUT2D eigenvalue weighted by Crippen LogP contribution is -2.19. The van der Waals surface area contributed by atoms with Crippen LogP contribution in [0.4, 0.5) is 13.2 Å². The summed E-state index contributed by atoms with van der Waals surface area (Å²) in [6.07, 6.45) is -4.38. The van der Waals surface area contributed by atoms with Crippen LogP contribution < -0.4 is 9.47 Å². The molecular formula is C10H11F3O3. The van der Waals surface area contributed by atoms with Gasteiger partial charge in [0.15, 0.2) is 18.1 Å². The maximum atomic E-state index is 11.9. The summed E-state index contributed by atoms with van der Waals surface area (Å²) in [5.74, 6) is 0.189. The lowest BCUT2D eigenvalue weighted by atomic mass is 10.3. The first-order chi connectivity index (χ1) is 7.53. The molecule has 1 aromatic carbocycles. The number of aliphatic hydroxyl groups is 1. The molecule has 3 nitrogen and oxygen atoms in total. The number of hydrogen-bond acceptors (Lipinski definition) is 3. The minimum absolute atomic E-state index is 0.00634. The molecular weight excluding hydrogens is 225 g/mol.